The third-order valence-electron chi connectivity index (χ3n) is 2.24. The highest BCUT2D eigenvalue weighted by atomic mass is 32.2. The van der Waals surface area contributed by atoms with Gasteiger partial charge in [0.1, 0.15) is 0 Å². The zero-order valence-corrected chi connectivity index (χ0v) is 8.20. The van der Waals surface area contributed by atoms with Gasteiger partial charge in [0.15, 0.2) is 9.84 Å². The van der Waals surface area contributed by atoms with Gasteiger partial charge in [0.2, 0.25) is 0 Å². The van der Waals surface area contributed by atoms with Crippen molar-refractivity contribution in [3.05, 3.63) is 22.4 Å². The van der Waals surface area contributed by atoms with Crippen LogP contribution in [0.4, 0.5) is 0 Å². The normalized spacial score (nSPS) is 27.5. The molecule has 66 valence electrons. The lowest BCUT2D eigenvalue weighted by Gasteiger charge is -2.05. The highest BCUT2D eigenvalue weighted by molar-refractivity contribution is 7.91. The van der Waals surface area contributed by atoms with Crippen molar-refractivity contribution < 1.29 is 8.42 Å². The van der Waals surface area contributed by atoms with Crippen LogP contribution in [0.2, 0.25) is 0 Å². The fourth-order valence-electron chi connectivity index (χ4n) is 1.62. The first kappa shape index (κ1) is 8.26. The molecule has 1 aromatic rings. The van der Waals surface area contributed by atoms with E-state index in [-0.39, 0.29) is 5.25 Å². The van der Waals surface area contributed by atoms with Gasteiger partial charge >= 0.3 is 0 Å². The summed E-state index contributed by atoms with van der Waals surface area (Å²) < 4.78 is 22.9. The van der Waals surface area contributed by atoms with Crippen molar-refractivity contribution in [3.8, 4) is 0 Å². The average molecular weight is 202 g/mol. The van der Waals surface area contributed by atoms with Gasteiger partial charge in [0.05, 0.1) is 11.0 Å². The monoisotopic (exact) mass is 202 g/mol. The zero-order chi connectivity index (χ0) is 8.60. The zero-order valence-electron chi connectivity index (χ0n) is 6.56. The van der Waals surface area contributed by atoms with E-state index < -0.39 is 9.84 Å². The second kappa shape index (κ2) is 2.85. The first-order valence-electron chi connectivity index (χ1n) is 3.94. The molecule has 0 N–H and O–H groups in total. The van der Waals surface area contributed by atoms with Crippen molar-refractivity contribution in [1.29, 1.82) is 0 Å². The smallest absolute Gasteiger partial charge is 0.157 e. The van der Waals surface area contributed by atoms with Crippen LogP contribution in [0.25, 0.3) is 0 Å². The molecule has 0 spiro atoms. The Morgan fingerprint density at radius 2 is 2.33 bits per heavy atom. The number of thiophene rings is 1. The second-order valence-electron chi connectivity index (χ2n) is 3.05. The predicted octanol–water partition coefficient (Wildman–Crippen LogP) is 2.00. The Balaban J connectivity index is 2.37. The topological polar surface area (TPSA) is 34.1 Å². The van der Waals surface area contributed by atoms with Crippen LogP contribution in [0.5, 0.6) is 0 Å². The van der Waals surface area contributed by atoms with Crippen LogP contribution < -0.4 is 0 Å². The minimum Gasteiger partial charge on any atom is -0.228 e. The first-order chi connectivity index (χ1) is 5.70. The summed E-state index contributed by atoms with van der Waals surface area (Å²) in [6.07, 6.45) is 1.63. The van der Waals surface area contributed by atoms with Crippen LogP contribution in [0.3, 0.4) is 0 Å². The van der Waals surface area contributed by atoms with Gasteiger partial charge in [-0.1, -0.05) is 0 Å². The maximum Gasteiger partial charge on any atom is 0.157 e. The number of hydrogen-bond donors (Lipinski definition) is 0. The quantitative estimate of drug-likeness (QED) is 0.698. The summed E-state index contributed by atoms with van der Waals surface area (Å²) in [5.41, 5.74) is 0.984. The number of sulfone groups is 1. The summed E-state index contributed by atoms with van der Waals surface area (Å²) in [6, 6.07) is 1.91. The van der Waals surface area contributed by atoms with E-state index in [0.717, 1.165) is 18.4 Å². The summed E-state index contributed by atoms with van der Waals surface area (Å²) in [6.45, 7) is 0. The van der Waals surface area contributed by atoms with Crippen LogP contribution >= 0.6 is 11.3 Å². The van der Waals surface area contributed by atoms with E-state index in [1.807, 2.05) is 16.8 Å². The van der Waals surface area contributed by atoms with E-state index in [0.29, 0.717) is 5.75 Å². The molecule has 2 heterocycles. The molecule has 1 fully saturated rings. The molecular formula is C8H10O2S2. The van der Waals surface area contributed by atoms with E-state index in [1.165, 1.54) is 0 Å². The largest absolute Gasteiger partial charge is 0.228 e. The maximum absolute atomic E-state index is 11.5. The SMILES string of the molecule is O=S1(=O)CCCC1c1ccsc1. The summed E-state index contributed by atoms with van der Waals surface area (Å²) >= 11 is 1.56. The molecule has 1 atom stereocenters. The molecule has 12 heavy (non-hydrogen) atoms. The van der Waals surface area contributed by atoms with Crippen LogP contribution in [0.1, 0.15) is 23.7 Å². The molecule has 0 bridgehead atoms. The summed E-state index contributed by atoms with van der Waals surface area (Å²) in [5.74, 6) is 0.369. The third kappa shape index (κ3) is 1.29. The molecule has 0 radical (unpaired) electrons. The molecule has 1 unspecified atom stereocenters. The Morgan fingerprint density at radius 3 is 2.83 bits per heavy atom. The van der Waals surface area contributed by atoms with Crippen LogP contribution in [-0.2, 0) is 9.84 Å². The van der Waals surface area contributed by atoms with Crippen LogP contribution in [0, 0.1) is 0 Å². The minimum atomic E-state index is -2.80. The lowest BCUT2D eigenvalue weighted by atomic mass is 10.1. The van der Waals surface area contributed by atoms with Gasteiger partial charge in [-0.25, -0.2) is 8.42 Å². The van der Waals surface area contributed by atoms with E-state index >= 15 is 0 Å². The van der Waals surface area contributed by atoms with Crippen molar-refractivity contribution in [2.24, 2.45) is 0 Å². The molecule has 0 aromatic carbocycles. The Morgan fingerprint density at radius 1 is 1.50 bits per heavy atom. The lowest BCUT2D eigenvalue weighted by Crippen LogP contribution is -2.06. The Labute approximate surface area is 76.2 Å². The van der Waals surface area contributed by atoms with E-state index in [1.54, 1.807) is 11.3 Å². The molecule has 0 amide bonds. The molecule has 2 nitrogen and oxygen atoms in total. The summed E-state index contributed by atoms with van der Waals surface area (Å²) in [5, 5.41) is 3.67. The minimum absolute atomic E-state index is 0.205. The van der Waals surface area contributed by atoms with Gasteiger partial charge in [0.25, 0.3) is 0 Å². The van der Waals surface area contributed by atoms with Gasteiger partial charge in [-0.15, -0.1) is 0 Å². The molecule has 0 aliphatic carbocycles. The van der Waals surface area contributed by atoms with E-state index in [9.17, 15) is 8.42 Å². The number of hydrogen-bond acceptors (Lipinski definition) is 3. The van der Waals surface area contributed by atoms with Gasteiger partial charge in [0, 0.05) is 0 Å². The fraction of sp³-hybridized carbons (Fsp3) is 0.500. The maximum atomic E-state index is 11.5. The average Bonchev–Trinajstić information content (AvgIpc) is 2.55. The Kier molecular flexibility index (Phi) is 1.96. The molecule has 1 saturated heterocycles. The molecule has 1 aromatic heterocycles. The van der Waals surface area contributed by atoms with Crippen molar-refractivity contribution >= 4 is 21.2 Å². The van der Waals surface area contributed by atoms with Crippen molar-refractivity contribution in [1.82, 2.24) is 0 Å². The number of rotatable bonds is 1. The predicted molar refractivity (Wildman–Crippen MR) is 50.1 cm³/mol. The fourth-order valence-corrected chi connectivity index (χ4v) is 4.36. The van der Waals surface area contributed by atoms with Crippen molar-refractivity contribution in [2.45, 2.75) is 18.1 Å². The molecular weight excluding hydrogens is 192 g/mol. The van der Waals surface area contributed by atoms with Gasteiger partial charge in [-0.05, 0) is 35.2 Å². The molecule has 2 rings (SSSR count). The summed E-state index contributed by atoms with van der Waals surface area (Å²) in [7, 11) is -2.80. The van der Waals surface area contributed by atoms with E-state index in [2.05, 4.69) is 0 Å². The van der Waals surface area contributed by atoms with Gasteiger partial charge in [-0.3, -0.25) is 0 Å². The molecule has 1 aliphatic heterocycles. The third-order valence-corrected chi connectivity index (χ3v) is 5.18. The summed E-state index contributed by atoms with van der Waals surface area (Å²) in [4.78, 5) is 0. The van der Waals surface area contributed by atoms with Crippen molar-refractivity contribution in [3.63, 3.8) is 0 Å². The van der Waals surface area contributed by atoms with Crippen molar-refractivity contribution in [2.75, 3.05) is 5.75 Å². The molecule has 1 aliphatic rings. The van der Waals surface area contributed by atoms with Crippen LogP contribution in [-0.4, -0.2) is 14.2 Å². The highest BCUT2D eigenvalue weighted by Gasteiger charge is 2.32. The second-order valence-corrected chi connectivity index (χ2v) is 6.14. The lowest BCUT2D eigenvalue weighted by molar-refractivity contribution is 0.592. The standard InChI is InChI=1S/C8H10O2S2/c9-12(10)5-1-2-8(12)7-3-4-11-6-7/h3-4,6,8H,1-2,5H2. The van der Waals surface area contributed by atoms with Gasteiger partial charge in [-0.2, -0.15) is 11.3 Å². The molecule has 0 saturated carbocycles. The Hall–Kier alpha value is -0.350. The van der Waals surface area contributed by atoms with Crippen LogP contribution in [0.15, 0.2) is 16.8 Å². The van der Waals surface area contributed by atoms with Gasteiger partial charge < -0.3 is 0 Å². The molecule has 4 heteroatoms. The van der Waals surface area contributed by atoms with E-state index in [4.69, 9.17) is 0 Å². The Bertz CT molecular complexity index is 350. The highest BCUT2D eigenvalue weighted by Crippen LogP contribution is 2.35. The first-order valence-corrected chi connectivity index (χ1v) is 6.59.